The number of aromatic nitrogens is 4. The maximum atomic E-state index is 13.7. The summed E-state index contributed by atoms with van der Waals surface area (Å²) < 4.78 is 10.2. The number of aromatic amines is 2. The van der Waals surface area contributed by atoms with Crippen LogP contribution >= 0.6 is 0 Å². The number of nitrogens with one attached hydrogen (secondary N) is 3. The van der Waals surface area contributed by atoms with Crippen molar-refractivity contribution in [3.8, 4) is 33.6 Å². The fourth-order valence-corrected chi connectivity index (χ4v) is 7.84. The summed E-state index contributed by atoms with van der Waals surface area (Å²) in [5.41, 5.74) is 5.98. The van der Waals surface area contributed by atoms with Gasteiger partial charge in [0.25, 0.3) is 0 Å². The van der Waals surface area contributed by atoms with E-state index in [0.29, 0.717) is 19.7 Å². The van der Waals surface area contributed by atoms with Crippen molar-refractivity contribution < 1.29 is 23.9 Å². The SMILES string of the molecule is CCN(CC)[C@H](COC)C(=O)N1CCC[C@H]1c1ncc(-c2ccc(-c3ccc(-c4cnc([C@@H]5CCCN5C(=O)[C@@H](NC(=O)OC)C(C)C)[nH]4)cc3)cc2)[nH]1. The molecule has 0 saturated carbocycles. The average Bonchev–Trinajstić information content (AvgIpc) is 4.03. The Kier molecular flexibility index (Phi) is 12.5. The monoisotopic (exact) mass is 738 g/mol. The van der Waals surface area contributed by atoms with Gasteiger partial charge in [0.15, 0.2) is 0 Å². The molecule has 4 heterocycles. The second-order valence-electron chi connectivity index (χ2n) is 14.4. The molecule has 3 amide bonds. The number of carbonyl (C=O) groups excluding carboxylic acids is 3. The summed E-state index contributed by atoms with van der Waals surface area (Å²) >= 11 is 0. The first-order valence-electron chi connectivity index (χ1n) is 19.2. The lowest BCUT2D eigenvalue weighted by molar-refractivity contribution is -0.140. The van der Waals surface area contributed by atoms with E-state index in [9.17, 15) is 14.4 Å². The van der Waals surface area contributed by atoms with E-state index in [1.165, 1.54) is 7.11 Å². The van der Waals surface area contributed by atoms with Gasteiger partial charge in [0, 0.05) is 20.2 Å². The van der Waals surface area contributed by atoms with Gasteiger partial charge in [-0.3, -0.25) is 14.5 Å². The Hall–Kier alpha value is -5.01. The number of nitrogens with zero attached hydrogens (tertiary/aromatic N) is 5. The number of hydrogen-bond donors (Lipinski definition) is 3. The third kappa shape index (κ3) is 8.22. The number of carbonyl (C=O) groups is 3. The summed E-state index contributed by atoms with van der Waals surface area (Å²) in [6.07, 6.45) is 6.52. The number of H-pyrrole nitrogens is 2. The molecular weight excluding hydrogens is 685 g/mol. The molecule has 2 aliphatic rings. The zero-order valence-corrected chi connectivity index (χ0v) is 32.3. The van der Waals surface area contributed by atoms with Crippen molar-refractivity contribution in [1.29, 1.82) is 0 Å². The van der Waals surface area contributed by atoms with Gasteiger partial charge < -0.3 is 34.6 Å². The molecule has 4 atom stereocenters. The smallest absolute Gasteiger partial charge is 0.407 e. The average molecular weight is 739 g/mol. The van der Waals surface area contributed by atoms with Crippen LogP contribution in [0, 0.1) is 5.92 Å². The number of amides is 3. The van der Waals surface area contributed by atoms with E-state index >= 15 is 0 Å². The standard InChI is InChI=1S/C41H54N8O5/c1-7-47(8-2)35(25-53-5)39(50)48-21-9-11-33(48)37-42-23-31(44-37)29-17-13-27(14-18-29)28-15-19-30(20-16-28)32-24-43-38(45-32)34-12-10-22-49(34)40(51)36(26(3)4)46-41(52)54-6/h13-20,23-24,26,33-36H,7-12,21-22,25H2,1-6H3,(H,42,44)(H,43,45)(H,46,52)/t33-,34-,35+,36-/m0/s1. The lowest BCUT2D eigenvalue weighted by Crippen LogP contribution is -2.51. The highest BCUT2D eigenvalue weighted by molar-refractivity contribution is 5.86. The van der Waals surface area contributed by atoms with Crippen molar-refractivity contribution in [3.05, 3.63) is 72.6 Å². The summed E-state index contributed by atoms with van der Waals surface area (Å²) in [6.45, 7) is 11.2. The summed E-state index contributed by atoms with van der Waals surface area (Å²) in [5, 5.41) is 2.70. The first kappa shape index (κ1) is 38.7. The third-order valence-corrected chi connectivity index (χ3v) is 10.9. The molecule has 0 radical (unpaired) electrons. The topological polar surface area (TPSA) is 149 Å². The molecule has 2 aliphatic heterocycles. The number of ether oxygens (including phenoxy) is 2. The zero-order valence-electron chi connectivity index (χ0n) is 32.3. The molecule has 54 heavy (non-hydrogen) atoms. The Morgan fingerprint density at radius 1 is 0.778 bits per heavy atom. The van der Waals surface area contributed by atoms with Crippen LogP contribution in [0.4, 0.5) is 4.79 Å². The molecule has 13 heteroatoms. The van der Waals surface area contributed by atoms with E-state index in [1.807, 2.05) is 36.0 Å². The highest BCUT2D eigenvalue weighted by atomic mass is 16.5. The number of likely N-dealkylation sites (tertiary alicyclic amines) is 2. The summed E-state index contributed by atoms with van der Waals surface area (Å²) in [5.74, 6) is 1.43. The van der Waals surface area contributed by atoms with Crippen molar-refractivity contribution in [3.63, 3.8) is 0 Å². The molecule has 6 rings (SSSR count). The Bertz CT molecular complexity index is 1870. The second-order valence-corrected chi connectivity index (χ2v) is 14.4. The molecule has 2 aromatic carbocycles. The Morgan fingerprint density at radius 3 is 1.67 bits per heavy atom. The number of benzene rings is 2. The van der Waals surface area contributed by atoms with Crippen molar-refractivity contribution in [1.82, 2.24) is 40.0 Å². The van der Waals surface area contributed by atoms with Crippen LogP contribution in [-0.4, -0.2) is 112 Å². The van der Waals surface area contributed by atoms with Gasteiger partial charge in [0.05, 0.1) is 49.6 Å². The molecule has 0 bridgehead atoms. The van der Waals surface area contributed by atoms with E-state index < -0.39 is 12.1 Å². The molecule has 2 fully saturated rings. The van der Waals surface area contributed by atoms with Crippen LogP contribution in [-0.2, 0) is 19.1 Å². The molecule has 0 unspecified atom stereocenters. The number of methoxy groups -OCH3 is 2. The molecular formula is C41H54N8O5. The van der Waals surface area contributed by atoms with Crippen LogP contribution in [0.25, 0.3) is 33.6 Å². The minimum absolute atomic E-state index is 0.0860. The van der Waals surface area contributed by atoms with Crippen molar-refractivity contribution in [2.24, 2.45) is 5.92 Å². The number of alkyl carbamates (subject to hydrolysis) is 1. The van der Waals surface area contributed by atoms with Crippen molar-refractivity contribution in [2.45, 2.75) is 77.5 Å². The van der Waals surface area contributed by atoms with Crippen molar-refractivity contribution in [2.75, 3.05) is 47.0 Å². The first-order chi connectivity index (χ1) is 26.2. The number of rotatable bonds is 14. The molecule has 0 aliphatic carbocycles. The minimum Gasteiger partial charge on any atom is -0.453 e. The van der Waals surface area contributed by atoms with Gasteiger partial charge in [0.1, 0.15) is 23.7 Å². The molecule has 4 aromatic rings. The summed E-state index contributed by atoms with van der Waals surface area (Å²) in [7, 11) is 2.94. The zero-order chi connectivity index (χ0) is 38.4. The van der Waals surface area contributed by atoms with Gasteiger partial charge in [-0.05, 0) is 66.9 Å². The molecule has 2 saturated heterocycles. The molecule has 2 aromatic heterocycles. The van der Waals surface area contributed by atoms with E-state index in [0.717, 1.165) is 84.1 Å². The van der Waals surface area contributed by atoms with Crippen LogP contribution in [0.1, 0.15) is 77.1 Å². The molecule has 3 N–H and O–H groups in total. The van der Waals surface area contributed by atoms with Gasteiger partial charge in [-0.2, -0.15) is 0 Å². The highest BCUT2D eigenvalue weighted by Gasteiger charge is 2.39. The van der Waals surface area contributed by atoms with Crippen LogP contribution in [0.2, 0.25) is 0 Å². The maximum Gasteiger partial charge on any atom is 0.407 e. The van der Waals surface area contributed by atoms with E-state index in [4.69, 9.17) is 14.5 Å². The normalized spacial score (nSPS) is 18.4. The van der Waals surface area contributed by atoms with Crippen molar-refractivity contribution >= 4 is 17.9 Å². The van der Waals surface area contributed by atoms with Crippen LogP contribution in [0.3, 0.4) is 0 Å². The second kappa shape index (κ2) is 17.4. The fraction of sp³-hybridized carbons (Fsp3) is 0.488. The summed E-state index contributed by atoms with van der Waals surface area (Å²) in [6, 6.07) is 15.5. The minimum atomic E-state index is -0.677. The maximum absolute atomic E-state index is 13.7. The van der Waals surface area contributed by atoms with E-state index in [1.54, 1.807) is 7.11 Å². The Balaban J connectivity index is 1.11. The van der Waals surface area contributed by atoms with Gasteiger partial charge >= 0.3 is 6.09 Å². The predicted octanol–water partition coefficient (Wildman–Crippen LogP) is 6.20. The van der Waals surface area contributed by atoms with Gasteiger partial charge in [-0.1, -0.05) is 76.2 Å². The highest BCUT2D eigenvalue weighted by Crippen LogP contribution is 2.35. The number of hydrogen-bond acceptors (Lipinski definition) is 8. The lowest BCUT2D eigenvalue weighted by atomic mass is 10.0. The number of imidazole rings is 2. The van der Waals surface area contributed by atoms with Gasteiger partial charge in [0.2, 0.25) is 11.8 Å². The quantitative estimate of drug-likeness (QED) is 0.139. The largest absolute Gasteiger partial charge is 0.453 e. The Labute approximate surface area is 317 Å². The number of likely N-dealkylation sites (N-methyl/N-ethyl adjacent to an activating group) is 1. The molecule has 288 valence electrons. The molecule has 0 spiro atoms. The van der Waals surface area contributed by atoms with Crippen LogP contribution in [0.15, 0.2) is 60.9 Å². The van der Waals surface area contributed by atoms with Crippen LogP contribution in [0.5, 0.6) is 0 Å². The first-order valence-corrected chi connectivity index (χ1v) is 19.2. The van der Waals surface area contributed by atoms with E-state index in [2.05, 4.69) is 87.5 Å². The van der Waals surface area contributed by atoms with Gasteiger partial charge in [-0.15, -0.1) is 0 Å². The third-order valence-electron chi connectivity index (χ3n) is 10.9. The van der Waals surface area contributed by atoms with Crippen LogP contribution < -0.4 is 5.32 Å². The van der Waals surface area contributed by atoms with E-state index in [-0.39, 0.29) is 35.9 Å². The predicted molar refractivity (Wildman–Crippen MR) is 207 cm³/mol. The summed E-state index contributed by atoms with van der Waals surface area (Å²) in [4.78, 5) is 61.5. The lowest BCUT2D eigenvalue weighted by Gasteiger charge is -2.33. The molecule has 13 nitrogen and oxygen atoms in total. The Morgan fingerprint density at radius 2 is 1.24 bits per heavy atom. The van der Waals surface area contributed by atoms with Gasteiger partial charge in [-0.25, -0.2) is 14.8 Å². The fourth-order valence-electron chi connectivity index (χ4n) is 7.84.